The van der Waals surface area contributed by atoms with Crippen molar-refractivity contribution >= 4 is 17.6 Å². The van der Waals surface area contributed by atoms with Crippen molar-refractivity contribution in [2.24, 2.45) is 5.73 Å². The summed E-state index contributed by atoms with van der Waals surface area (Å²) in [6.07, 6.45) is 0.424. The highest BCUT2D eigenvalue weighted by atomic mass is 19.1. The molecule has 0 radical (unpaired) electrons. The number of carbonyl (C=O) groups excluding carboxylic acids is 2. The molecule has 1 aromatic rings. The lowest BCUT2D eigenvalue weighted by atomic mass is 9.99. The molecule has 0 aliphatic rings. The number of nitrogens with two attached hydrogens (primary N) is 1. The molecular weight excluding hydrogens is 251 g/mol. The average molecular weight is 268 g/mol. The molecule has 1 rings (SSSR count). The highest BCUT2D eigenvalue weighted by Crippen LogP contribution is 2.20. The Morgan fingerprint density at radius 2 is 2.11 bits per heavy atom. The van der Waals surface area contributed by atoms with Gasteiger partial charge in [-0.25, -0.2) is 9.18 Å². The Balaban J connectivity index is 3.08. The van der Waals surface area contributed by atoms with Crippen LogP contribution in [0.4, 0.5) is 10.1 Å². The fraction of sp³-hybridized carbons (Fsp3) is 0.385. The van der Waals surface area contributed by atoms with Gasteiger partial charge in [-0.05, 0) is 31.5 Å². The first-order valence-electron chi connectivity index (χ1n) is 5.80. The molecule has 104 valence electrons. The van der Waals surface area contributed by atoms with Crippen molar-refractivity contribution in [3.8, 4) is 0 Å². The van der Waals surface area contributed by atoms with E-state index >= 15 is 0 Å². The third-order valence-electron chi connectivity index (χ3n) is 2.89. The van der Waals surface area contributed by atoms with Crippen molar-refractivity contribution in [2.45, 2.75) is 25.8 Å². The summed E-state index contributed by atoms with van der Waals surface area (Å²) in [5.41, 5.74) is 4.84. The maximum atomic E-state index is 13.1. The van der Waals surface area contributed by atoms with E-state index in [2.05, 4.69) is 10.1 Å². The molecule has 0 aliphatic heterocycles. The standard InChI is InChI=1S/C13H17FN2O3/c1-4-13(2,15)12(18)16-10-6-5-8(14)7-9(10)11(17)19-3/h5-7H,4,15H2,1-3H3,(H,16,18). The van der Waals surface area contributed by atoms with E-state index in [0.29, 0.717) is 6.42 Å². The first-order valence-corrected chi connectivity index (χ1v) is 5.80. The summed E-state index contributed by atoms with van der Waals surface area (Å²) in [7, 11) is 1.18. The Hall–Kier alpha value is -1.95. The van der Waals surface area contributed by atoms with Gasteiger partial charge in [0, 0.05) is 0 Å². The van der Waals surface area contributed by atoms with Crippen LogP contribution in [-0.2, 0) is 9.53 Å². The number of amides is 1. The lowest BCUT2D eigenvalue weighted by Crippen LogP contribution is -2.48. The molecule has 0 aromatic heterocycles. The first-order chi connectivity index (χ1) is 8.81. The lowest BCUT2D eigenvalue weighted by Gasteiger charge is -2.22. The molecular formula is C13H17FN2O3. The van der Waals surface area contributed by atoms with Crippen molar-refractivity contribution in [3.63, 3.8) is 0 Å². The van der Waals surface area contributed by atoms with Gasteiger partial charge in [0.2, 0.25) is 5.91 Å². The van der Waals surface area contributed by atoms with Gasteiger partial charge in [-0.3, -0.25) is 4.79 Å². The smallest absolute Gasteiger partial charge is 0.340 e. The zero-order valence-corrected chi connectivity index (χ0v) is 11.1. The largest absolute Gasteiger partial charge is 0.465 e. The minimum Gasteiger partial charge on any atom is -0.465 e. The minimum absolute atomic E-state index is 0.0530. The van der Waals surface area contributed by atoms with Crippen LogP contribution in [0.5, 0.6) is 0 Å². The van der Waals surface area contributed by atoms with Gasteiger partial charge in [0.15, 0.2) is 0 Å². The Labute approximate surface area is 110 Å². The molecule has 0 spiro atoms. The molecule has 0 fully saturated rings. The molecule has 0 saturated heterocycles. The number of halogens is 1. The normalized spacial score (nSPS) is 13.5. The maximum Gasteiger partial charge on any atom is 0.340 e. The highest BCUT2D eigenvalue weighted by molar-refractivity contribution is 6.04. The predicted octanol–water partition coefficient (Wildman–Crippen LogP) is 1.68. The Morgan fingerprint density at radius 3 is 2.63 bits per heavy atom. The number of methoxy groups -OCH3 is 1. The Morgan fingerprint density at radius 1 is 1.47 bits per heavy atom. The second kappa shape index (κ2) is 5.79. The number of benzene rings is 1. The molecule has 1 aromatic carbocycles. The van der Waals surface area contributed by atoms with Crippen LogP contribution in [-0.4, -0.2) is 24.5 Å². The van der Waals surface area contributed by atoms with Crippen molar-refractivity contribution in [1.82, 2.24) is 0 Å². The first kappa shape index (κ1) is 15.1. The summed E-state index contributed by atoms with van der Waals surface area (Å²) in [6.45, 7) is 3.34. The second-order valence-electron chi connectivity index (χ2n) is 4.41. The summed E-state index contributed by atoms with van der Waals surface area (Å²) in [6, 6.07) is 3.44. The van der Waals surface area contributed by atoms with E-state index in [4.69, 9.17) is 5.73 Å². The fourth-order valence-electron chi connectivity index (χ4n) is 1.33. The summed E-state index contributed by atoms with van der Waals surface area (Å²) >= 11 is 0. The summed E-state index contributed by atoms with van der Waals surface area (Å²) in [5, 5.41) is 2.51. The van der Waals surface area contributed by atoms with E-state index in [1.165, 1.54) is 13.2 Å². The molecule has 1 unspecified atom stereocenters. The van der Waals surface area contributed by atoms with Crippen LogP contribution in [0.2, 0.25) is 0 Å². The Kier molecular flexibility index (Phi) is 4.61. The molecule has 0 bridgehead atoms. The molecule has 1 atom stereocenters. The number of hydrogen-bond donors (Lipinski definition) is 2. The number of ether oxygens (including phenoxy) is 1. The second-order valence-corrected chi connectivity index (χ2v) is 4.41. The topological polar surface area (TPSA) is 81.4 Å². The van der Waals surface area contributed by atoms with Crippen molar-refractivity contribution < 1.29 is 18.7 Å². The number of rotatable bonds is 4. The number of hydrogen-bond acceptors (Lipinski definition) is 4. The Bertz CT molecular complexity index is 501. The van der Waals surface area contributed by atoms with E-state index in [1.54, 1.807) is 13.8 Å². The summed E-state index contributed by atoms with van der Waals surface area (Å²) in [5.74, 6) is -1.78. The molecule has 0 aliphatic carbocycles. The summed E-state index contributed by atoms with van der Waals surface area (Å²) in [4.78, 5) is 23.4. The van der Waals surface area contributed by atoms with Gasteiger partial charge >= 0.3 is 5.97 Å². The predicted molar refractivity (Wildman–Crippen MR) is 69.3 cm³/mol. The van der Waals surface area contributed by atoms with Crippen molar-refractivity contribution in [2.75, 3.05) is 12.4 Å². The van der Waals surface area contributed by atoms with Gasteiger partial charge in [0.25, 0.3) is 0 Å². The van der Waals surface area contributed by atoms with Crippen LogP contribution in [0.15, 0.2) is 18.2 Å². The third kappa shape index (κ3) is 3.51. The van der Waals surface area contributed by atoms with E-state index < -0.39 is 23.2 Å². The zero-order valence-electron chi connectivity index (χ0n) is 11.1. The number of carbonyl (C=O) groups is 2. The van der Waals surface area contributed by atoms with Gasteiger partial charge in [0.1, 0.15) is 5.82 Å². The average Bonchev–Trinajstić information content (AvgIpc) is 2.39. The molecule has 1 amide bonds. The molecule has 0 saturated carbocycles. The lowest BCUT2D eigenvalue weighted by molar-refractivity contribution is -0.120. The molecule has 3 N–H and O–H groups in total. The number of anilines is 1. The van der Waals surface area contributed by atoms with Gasteiger partial charge in [-0.15, -0.1) is 0 Å². The fourth-order valence-corrected chi connectivity index (χ4v) is 1.33. The quantitative estimate of drug-likeness (QED) is 0.814. The third-order valence-corrected chi connectivity index (χ3v) is 2.89. The molecule has 5 nitrogen and oxygen atoms in total. The van der Waals surface area contributed by atoms with Gasteiger partial charge in [-0.2, -0.15) is 0 Å². The maximum absolute atomic E-state index is 13.1. The van der Waals surface area contributed by atoms with Crippen molar-refractivity contribution in [1.29, 1.82) is 0 Å². The van der Waals surface area contributed by atoms with E-state index in [0.717, 1.165) is 12.1 Å². The molecule has 19 heavy (non-hydrogen) atoms. The van der Waals surface area contributed by atoms with Crippen molar-refractivity contribution in [3.05, 3.63) is 29.6 Å². The van der Waals surface area contributed by atoms with E-state index in [-0.39, 0.29) is 11.3 Å². The van der Waals surface area contributed by atoms with Crippen LogP contribution in [0.25, 0.3) is 0 Å². The van der Waals surface area contributed by atoms with Crippen LogP contribution >= 0.6 is 0 Å². The number of esters is 1. The van der Waals surface area contributed by atoms with Gasteiger partial charge in [0.05, 0.1) is 23.9 Å². The number of nitrogens with one attached hydrogen (secondary N) is 1. The van der Waals surface area contributed by atoms with E-state index in [9.17, 15) is 14.0 Å². The summed E-state index contributed by atoms with van der Waals surface area (Å²) < 4.78 is 17.7. The highest BCUT2D eigenvalue weighted by Gasteiger charge is 2.27. The SMILES string of the molecule is CCC(C)(N)C(=O)Nc1ccc(F)cc1C(=O)OC. The van der Waals surface area contributed by atoms with Crippen LogP contribution in [0, 0.1) is 5.82 Å². The minimum atomic E-state index is -1.07. The van der Waals surface area contributed by atoms with Gasteiger partial charge < -0.3 is 15.8 Å². The molecule has 6 heteroatoms. The van der Waals surface area contributed by atoms with Crippen LogP contribution in [0.1, 0.15) is 30.6 Å². The van der Waals surface area contributed by atoms with E-state index in [1.807, 2.05) is 0 Å². The van der Waals surface area contributed by atoms with Gasteiger partial charge in [-0.1, -0.05) is 6.92 Å². The molecule has 0 heterocycles. The van der Waals surface area contributed by atoms with Crippen LogP contribution in [0.3, 0.4) is 0 Å². The monoisotopic (exact) mass is 268 g/mol. The zero-order chi connectivity index (χ0) is 14.6. The van der Waals surface area contributed by atoms with Crippen LogP contribution < -0.4 is 11.1 Å².